The molecule has 0 radical (unpaired) electrons. The molecule has 1 aliphatic carbocycles. The molecule has 0 aliphatic heterocycles. The molecule has 1 aromatic heterocycles. The first-order valence-corrected chi connectivity index (χ1v) is 7.24. The maximum absolute atomic E-state index is 12.7. The van der Waals surface area contributed by atoms with Crippen LogP contribution in [0.1, 0.15) is 23.3 Å². The Kier molecular flexibility index (Phi) is 3.75. The lowest BCUT2D eigenvalue weighted by molar-refractivity contribution is 0.0702. The van der Waals surface area contributed by atoms with Gasteiger partial charge in [-0.1, -0.05) is 24.3 Å². The predicted molar refractivity (Wildman–Crippen MR) is 82.4 cm³/mol. The number of rotatable bonds is 5. The average molecular weight is 285 g/mol. The van der Waals surface area contributed by atoms with Crippen LogP contribution in [-0.2, 0) is 0 Å². The Balaban J connectivity index is 2.01. The van der Waals surface area contributed by atoms with E-state index in [1.807, 2.05) is 30.3 Å². The van der Waals surface area contributed by atoms with E-state index in [1.165, 1.54) is 0 Å². The highest BCUT2D eigenvalue weighted by atomic mass is 16.3. The standard InChI is InChI=1S/C16H19N3O2/c1-17-15-13-5-3-2-4-11(13)10-14(18-15)16(21)19(8-9-20)12-6-7-12/h2-5,10,12,20H,6-9H2,1H3,(H,17,18). The topological polar surface area (TPSA) is 65.5 Å². The van der Waals surface area contributed by atoms with Crippen LogP contribution in [0.2, 0.25) is 0 Å². The van der Waals surface area contributed by atoms with Gasteiger partial charge in [0.1, 0.15) is 11.5 Å². The minimum Gasteiger partial charge on any atom is -0.395 e. The van der Waals surface area contributed by atoms with E-state index in [0.717, 1.165) is 23.6 Å². The van der Waals surface area contributed by atoms with Crippen LogP contribution in [0.3, 0.4) is 0 Å². The number of nitrogens with zero attached hydrogens (tertiary/aromatic N) is 2. The van der Waals surface area contributed by atoms with E-state index in [2.05, 4.69) is 10.3 Å². The number of anilines is 1. The molecule has 110 valence electrons. The Labute approximate surface area is 123 Å². The second-order valence-corrected chi connectivity index (χ2v) is 5.28. The van der Waals surface area contributed by atoms with E-state index >= 15 is 0 Å². The summed E-state index contributed by atoms with van der Waals surface area (Å²) in [6, 6.07) is 9.94. The Hall–Kier alpha value is -2.14. The lowest BCUT2D eigenvalue weighted by Crippen LogP contribution is -2.36. The Bertz CT molecular complexity index is 668. The van der Waals surface area contributed by atoms with Crippen molar-refractivity contribution >= 4 is 22.5 Å². The van der Waals surface area contributed by atoms with Crippen molar-refractivity contribution in [2.75, 3.05) is 25.5 Å². The minimum absolute atomic E-state index is 0.0191. The number of hydrogen-bond acceptors (Lipinski definition) is 4. The lowest BCUT2D eigenvalue weighted by Gasteiger charge is -2.21. The molecule has 2 aromatic rings. The molecule has 0 bridgehead atoms. The third kappa shape index (κ3) is 2.69. The highest BCUT2D eigenvalue weighted by molar-refractivity contribution is 6.00. The zero-order chi connectivity index (χ0) is 14.8. The third-order valence-corrected chi connectivity index (χ3v) is 3.79. The lowest BCUT2D eigenvalue weighted by atomic mass is 10.1. The van der Waals surface area contributed by atoms with Crippen LogP contribution in [-0.4, -0.2) is 47.1 Å². The van der Waals surface area contributed by atoms with Crippen molar-refractivity contribution in [1.82, 2.24) is 9.88 Å². The van der Waals surface area contributed by atoms with Gasteiger partial charge in [-0.05, 0) is 24.3 Å². The number of aliphatic hydroxyl groups excluding tert-OH is 1. The van der Waals surface area contributed by atoms with Gasteiger partial charge in [-0.3, -0.25) is 4.79 Å². The zero-order valence-electron chi connectivity index (χ0n) is 12.0. The van der Waals surface area contributed by atoms with Crippen molar-refractivity contribution in [2.24, 2.45) is 0 Å². The number of aromatic nitrogens is 1. The highest BCUT2D eigenvalue weighted by Crippen LogP contribution is 2.29. The molecule has 21 heavy (non-hydrogen) atoms. The molecule has 0 saturated heterocycles. The van der Waals surface area contributed by atoms with E-state index in [-0.39, 0.29) is 18.6 Å². The largest absolute Gasteiger partial charge is 0.395 e. The van der Waals surface area contributed by atoms with Gasteiger partial charge in [-0.15, -0.1) is 0 Å². The minimum atomic E-state index is -0.103. The van der Waals surface area contributed by atoms with Gasteiger partial charge >= 0.3 is 0 Å². The van der Waals surface area contributed by atoms with E-state index in [0.29, 0.717) is 18.1 Å². The van der Waals surface area contributed by atoms with Crippen molar-refractivity contribution in [2.45, 2.75) is 18.9 Å². The number of pyridine rings is 1. The SMILES string of the molecule is CNc1nc(C(=O)N(CCO)C2CC2)cc2ccccc12. The second kappa shape index (κ2) is 5.69. The molecule has 1 fully saturated rings. The molecule has 2 N–H and O–H groups in total. The number of carbonyl (C=O) groups is 1. The number of fused-ring (bicyclic) bond motifs is 1. The molecule has 1 amide bonds. The number of carbonyl (C=O) groups excluding carboxylic acids is 1. The van der Waals surface area contributed by atoms with Gasteiger partial charge in [0.2, 0.25) is 0 Å². The van der Waals surface area contributed by atoms with E-state index in [9.17, 15) is 4.79 Å². The number of benzene rings is 1. The van der Waals surface area contributed by atoms with Crippen molar-refractivity contribution in [1.29, 1.82) is 0 Å². The smallest absolute Gasteiger partial charge is 0.272 e. The summed E-state index contributed by atoms with van der Waals surface area (Å²) in [5, 5.41) is 14.2. The second-order valence-electron chi connectivity index (χ2n) is 5.28. The van der Waals surface area contributed by atoms with Crippen LogP contribution in [0.5, 0.6) is 0 Å². The molecule has 1 heterocycles. The normalized spacial score (nSPS) is 14.2. The zero-order valence-corrected chi connectivity index (χ0v) is 12.0. The molecule has 3 rings (SSSR count). The molecule has 1 saturated carbocycles. The number of aliphatic hydroxyl groups is 1. The molecular formula is C16H19N3O2. The van der Waals surface area contributed by atoms with E-state index < -0.39 is 0 Å². The Morgan fingerprint density at radius 1 is 1.43 bits per heavy atom. The van der Waals surface area contributed by atoms with Crippen LogP contribution in [0.4, 0.5) is 5.82 Å². The number of amides is 1. The molecule has 5 nitrogen and oxygen atoms in total. The fourth-order valence-corrected chi connectivity index (χ4v) is 2.59. The highest BCUT2D eigenvalue weighted by Gasteiger charge is 2.33. The van der Waals surface area contributed by atoms with E-state index in [4.69, 9.17) is 5.11 Å². The summed E-state index contributed by atoms with van der Waals surface area (Å²) in [6.07, 6.45) is 2.02. The van der Waals surface area contributed by atoms with Crippen molar-refractivity contribution in [3.63, 3.8) is 0 Å². The Morgan fingerprint density at radius 3 is 2.86 bits per heavy atom. The molecule has 0 unspecified atom stereocenters. The van der Waals surface area contributed by atoms with Crippen molar-refractivity contribution in [3.05, 3.63) is 36.0 Å². The van der Waals surface area contributed by atoms with Crippen molar-refractivity contribution < 1.29 is 9.90 Å². The van der Waals surface area contributed by atoms with Gasteiger partial charge in [0.05, 0.1) is 6.61 Å². The van der Waals surface area contributed by atoms with Crippen LogP contribution in [0.15, 0.2) is 30.3 Å². The van der Waals surface area contributed by atoms with Crippen LogP contribution < -0.4 is 5.32 Å². The predicted octanol–water partition coefficient (Wildman–Crippen LogP) is 1.87. The molecule has 0 spiro atoms. The van der Waals surface area contributed by atoms with Crippen molar-refractivity contribution in [3.8, 4) is 0 Å². The summed E-state index contributed by atoms with van der Waals surface area (Å²) in [6.45, 7) is 0.349. The maximum Gasteiger partial charge on any atom is 0.272 e. The van der Waals surface area contributed by atoms with Crippen LogP contribution in [0.25, 0.3) is 10.8 Å². The number of nitrogens with one attached hydrogen (secondary N) is 1. The van der Waals surface area contributed by atoms with Crippen LogP contribution >= 0.6 is 0 Å². The molecular weight excluding hydrogens is 266 g/mol. The van der Waals surface area contributed by atoms with Gasteiger partial charge in [0.15, 0.2) is 0 Å². The van der Waals surface area contributed by atoms with Gasteiger partial charge in [0.25, 0.3) is 5.91 Å². The first-order chi connectivity index (χ1) is 10.2. The van der Waals surface area contributed by atoms with Gasteiger partial charge in [0, 0.05) is 25.0 Å². The van der Waals surface area contributed by atoms with Crippen LogP contribution in [0, 0.1) is 0 Å². The summed E-state index contributed by atoms with van der Waals surface area (Å²) >= 11 is 0. The summed E-state index contributed by atoms with van der Waals surface area (Å²) in [7, 11) is 1.80. The summed E-state index contributed by atoms with van der Waals surface area (Å²) < 4.78 is 0. The first kappa shape index (κ1) is 13.8. The Morgan fingerprint density at radius 2 is 2.19 bits per heavy atom. The van der Waals surface area contributed by atoms with Gasteiger partial charge < -0.3 is 15.3 Å². The first-order valence-electron chi connectivity index (χ1n) is 7.24. The summed E-state index contributed by atoms with van der Waals surface area (Å²) in [5.41, 5.74) is 0.429. The van der Waals surface area contributed by atoms with Gasteiger partial charge in [-0.25, -0.2) is 4.98 Å². The molecule has 0 atom stereocenters. The fraction of sp³-hybridized carbons (Fsp3) is 0.375. The monoisotopic (exact) mass is 285 g/mol. The third-order valence-electron chi connectivity index (χ3n) is 3.79. The molecule has 5 heteroatoms. The molecule has 1 aliphatic rings. The van der Waals surface area contributed by atoms with Gasteiger partial charge in [-0.2, -0.15) is 0 Å². The quantitative estimate of drug-likeness (QED) is 0.880. The molecule has 1 aromatic carbocycles. The maximum atomic E-state index is 12.7. The number of hydrogen-bond donors (Lipinski definition) is 2. The average Bonchev–Trinajstić information content (AvgIpc) is 3.35. The summed E-state index contributed by atoms with van der Waals surface area (Å²) in [4.78, 5) is 18.8. The van der Waals surface area contributed by atoms with E-state index in [1.54, 1.807) is 11.9 Å². The summed E-state index contributed by atoms with van der Waals surface area (Å²) in [5.74, 6) is 0.602. The fourth-order valence-electron chi connectivity index (χ4n) is 2.59.